The van der Waals surface area contributed by atoms with E-state index in [1.54, 1.807) is 12.1 Å². The van der Waals surface area contributed by atoms with Crippen LogP contribution in [0.25, 0.3) is 22.2 Å². The molecule has 7 nitrogen and oxygen atoms in total. The number of halogens is 1. The van der Waals surface area contributed by atoms with Gasteiger partial charge in [0.2, 0.25) is 5.91 Å². The average Bonchev–Trinajstić information content (AvgIpc) is 3.57. The number of aromatic nitrogens is 2. The van der Waals surface area contributed by atoms with Crippen molar-refractivity contribution in [2.45, 2.75) is 45.1 Å². The molecule has 1 heterocycles. The van der Waals surface area contributed by atoms with Gasteiger partial charge in [-0.15, -0.1) is 0 Å². The van der Waals surface area contributed by atoms with Crippen LogP contribution in [0.15, 0.2) is 70.5 Å². The quantitative estimate of drug-likeness (QED) is 0.320. The van der Waals surface area contributed by atoms with E-state index in [-0.39, 0.29) is 29.1 Å². The number of hydrogen-bond donors (Lipinski definition) is 2. The van der Waals surface area contributed by atoms with Gasteiger partial charge in [0.25, 0.3) is 0 Å². The molecule has 2 aliphatic carbocycles. The van der Waals surface area contributed by atoms with Crippen molar-refractivity contribution in [3.8, 4) is 16.9 Å². The third-order valence-electron chi connectivity index (χ3n) is 6.47. The van der Waals surface area contributed by atoms with Crippen LogP contribution >= 0.6 is 11.6 Å². The van der Waals surface area contributed by atoms with E-state index in [1.165, 1.54) is 6.08 Å². The number of carbonyl (C=O) groups excluding carboxylic acids is 1. The summed E-state index contributed by atoms with van der Waals surface area (Å²) in [6.07, 6.45) is 5.00. The van der Waals surface area contributed by atoms with Gasteiger partial charge in [0.1, 0.15) is 16.5 Å². The Morgan fingerprint density at radius 3 is 2.61 bits per heavy atom. The molecular formula is C29H28ClN3O4S. The first-order valence-electron chi connectivity index (χ1n) is 12.5. The minimum Gasteiger partial charge on any atom is -0.490 e. The molecule has 5 rings (SSSR count). The maximum Gasteiger partial charge on any atom is 0.218 e. The van der Waals surface area contributed by atoms with E-state index in [4.69, 9.17) is 27.1 Å². The highest BCUT2D eigenvalue weighted by Gasteiger charge is 2.30. The fraction of sp³-hybridized carbons (Fsp3) is 0.310. The van der Waals surface area contributed by atoms with E-state index >= 15 is 0 Å². The van der Waals surface area contributed by atoms with Gasteiger partial charge in [-0.1, -0.05) is 35.5 Å². The first kappa shape index (κ1) is 26.1. The lowest BCUT2D eigenvalue weighted by molar-refractivity contribution is -0.118. The summed E-state index contributed by atoms with van der Waals surface area (Å²) in [7, 11) is -3.42. The highest BCUT2D eigenvalue weighted by molar-refractivity contribution is 7.95. The van der Waals surface area contributed by atoms with Gasteiger partial charge in [0.15, 0.2) is 9.84 Å². The molecule has 1 amide bonds. The molecule has 0 bridgehead atoms. The second-order valence-electron chi connectivity index (χ2n) is 9.98. The van der Waals surface area contributed by atoms with Gasteiger partial charge in [-0.25, -0.2) is 13.4 Å². The van der Waals surface area contributed by atoms with E-state index in [0.29, 0.717) is 33.2 Å². The van der Waals surface area contributed by atoms with Gasteiger partial charge >= 0.3 is 0 Å². The molecule has 38 heavy (non-hydrogen) atoms. The van der Waals surface area contributed by atoms with Crippen LogP contribution in [0.5, 0.6) is 5.75 Å². The molecule has 196 valence electrons. The number of rotatable bonds is 10. The van der Waals surface area contributed by atoms with E-state index in [1.807, 2.05) is 44.2 Å². The summed E-state index contributed by atoms with van der Waals surface area (Å²) < 4.78 is 31.2. The van der Waals surface area contributed by atoms with Crippen LogP contribution in [0.4, 0.5) is 0 Å². The van der Waals surface area contributed by atoms with E-state index in [0.717, 1.165) is 24.0 Å². The van der Waals surface area contributed by atoms with Crippen molar-refractivity contribution in [3.05, 3.63) is 81.3 Å². The summed E-state index contributed by atoms with van der Waals surface area (Å²) in [6.45, 7) is 3.92. The number of ether oxygens (including phenoxy) is 1. The number of nitrogens with one attached hydrogen (secondary N) is 1. The molecule has 1 atom stereocenters. The van der Waals surface area contributed by atoms with Crippen molar-refractivity contribution in [1.29, 1.82) is 0 Å². The number of allylic oxidation sites excluding steroid dienone is 3. The monoisotopic (exact) mass is 549 g/mol. The standard InChI is InChI=1S/C29H28ClN3O4S/c1-17(2)37-27-6-4-3-5-21(27)23-13-25-26(15-24(23)30)33-29(32-25)22(14-28(31)34)19-9-11-20(12-10-19)38(35,36)16-18-7-8-18/h3-6,9,11,13,15,17-18,22H,7-8,14,16H2,1-2H3,(H2,31,34)(H,32,33). The summed E-state index contributed by atoms with van der Waals surface area (Å²) in [5.41, 5.74) is 14.8. The molecule has 1 saturated carbocycles. The number of aromatic amines is 1. The smallest absolute Gasteiger partial charge is 0.218 e. The lowest BCUT2D eigenvalue weighted by atomic mass is 9.93. The lowest BCUT2D eigenvalue weighted by Crippen LogP contribution is -2.17. The zero-order valence-corrected chi connectivity index (χ0v) is 22.7. The Morgan fingerprint density at radius 2 is 1.95 bits per heavy atom. The van der Waals surface area contributed by atoms with Crippen molar-refractivity contribution in [2.24, 2.45) is 11.7 Å². The molecule has 9 heteroatoms. The fourth-order valence-corrected chi connectivity index (χ4v) is 6.36. The number of nitrogens with zero attached hydrogens (tertiary/aromatic N) is 1. The Bertz CT molecular complexity index is 1670. The largest absolute Gasteiger partial charge is 0.490 e. The highest BCUT2D eigenvalue weighted by atomic mass is 35.5. The Labute approximate surface area is 226 Å². The maximum atomic E-state index is 12.6. The van der Waals surface area contributed by atoms with E-state index < -0.39 is 21.7 Å². The number of fused-ring (bicyclic) bond motifs is 1. The fourth-order valence-electron chi connectivity index (χ4n) is 4.47. The van der Waals surface area contributed by atoms with Gasteiger partial charge in [-0.05, 0) is 68.7 Å². The van der Waals surface area contributed by atoms with Crippen LogP contribution in [0.1, 0.15) is 44.9 Å². The first-order valence-corrected chi connectivity index (χ1v) is 14.5. The molecule has 3 N–H and O–H groups in total. The van der Waals surface area contributed by atoms with Crippen molar-refractivity contribution in [3.63, 3.8) is 0 Å². The van der Waals surface area contributed by atoms with Crippen molar-refractivity contribution in [1.82, 2.24) is 9.97 Å². The number of imidazole rings is 1. The van der Waals surface area contributed by atoms with E-state index in [2.05, 4.69) is 16.4 Å². The molecule has 0 spiro atoms. The summed E-state index contributed by atoms with van der Waals surface area (Å²) in [5, 5.41) is 0.518. The summed E-state index contributed by atoms with van der Waals surface area (Å²) >= 11 is 6.69. The maximum absolute atomic E-state index is 12.6. The number of H-pyrrole nitrogens is 1. The summed E-state index contributed by atoms with van der Waals surface area (Å²) in [6, 6.07) is 11.3. The predicted molar refractivity (Wildman–Crippen MR) is 149 cm³/mol. The second-order valence-corrected chi connectivity index (χ2v) is 12.4. The molecule has 1 unspecified atom stereocenters. The zero-order chi connectivity index (χ0) is 27.0. The molecular weight excluding hydrogens is 522 g/mol. The number of nitrogens with two attached hydrogens (primary N) is 1. The summed E-state index contributed by atoms with van der Waals surface area (Å²) in [5.74, 6) is 0.485. The third kappa shape index (κ3) is 5.64. The minimum atomic E-state index is -3.42. The topological polar surface area (TPSA) is 115 Å². The molecule has 0 saturated heterocycles. The molecule has 1 aromatic heterocycles. The van der Waals surface area contributed by atoms with Crippen LogP contribution in [-0.2, 0) is 14.6 Å². The number of sulfone groups is 1. The van der Waals surface area contributed by atoms with Gasteiger partial charge in [-0.2, -0.15) is 0 Å². The number of primary amides is 1. The predicted octanol–water partition coefficient (Wildman–Crippen LogP) is 5.59. The average molecular weight is 550 g/mol. The number of hydrogen-bond acceptors (Lipinski definition) is 5. The lowest BCUT2D eigenvalue weighted by Gasteiger charge is -2.15. The zero-order valence-electron chi connectivity index (χ0n) is 21.1. The molecule has 0 aliphatic heterocycles. The van der Waals surface area contributed by atoms with Gasteiger partial charge in [0, 0.05) is 23.1 Å². The van der Waals surface area contributed by atoms with Gasteiger partial charge in [-0.3, -0.25) is 4.79 Å². The van der Waals surface area contributed by atoms with Crippen LogP contribution in [0.2, 0.25) is 5.02 Å². The molecule has 3 aromatic rings. The Morgan fingerprint density at radius 1 is 1.18 bits per heavy atom. The molecule has 0 radical (unpaired) electrons. The Balaban J connectivity index is 1.55. The molecule has 2 aliphatic rings. The third-order valence-corrected chi connectivity index (χ3v) is 8.60. The number of carbonyl (C=O) groups is 1. The normalized spacial score (nSPS) is 16.0. The van der Waals surface area contributed by atoms with Crippen LogP contribution in [0.3, 0.4) is 0 Å². The van der Waals surface area contributed by atoms with E-state index in [9.17, 15) is 13.2 Å². The number of para-hydroxylation sites is 1. The molecule has 2 aromatic carbocycles. The SMILES string of the molecule is CC(C)Oc1ccccc1-c1cc2nc(C(CC(N)=O)C3=C=C=C(S(=O)(=O)CC4CC4)C=C3)[nH]c2cc1Cl. The van der Waals surface area contributed by atoms with Gasteiger partial charge in [0.05, 0.1) is 33.8 Å². The van der Waals surface area contributed by atoms with Crippen LogP contribution in [0, 0.1) is 5.92 Å². The minimum absolute atomic E-state index is 0.00617. The van der Waals surface area contributed by atoms with Crippen molar-refractivity contribution < 1.29 is 17.9 Å². The van der Waals surface area contributed by atoms with Crippen LogP contribution in [-0.4, -0.2) is 36.1 Å². The van der Waals surface area contributed by atoms with Crippen LogP contribution < -0.4 is 10.5 Å². The van der Waals surface area contributed by atoms with Crippen molar-refractivity contribution in [2.75, 3.05) is 5.75 Å². The number of benzene rings is 2. The number of amides is 1. The summed E-state index contributed by atoms with van der Waals surface area (Å²) in [4.78, 5) is 20.1. The second kappa shape index (κ2) is 10.3. The highest BCUT2D eigenvalue weighted by Crippen LogP contribution is 2.39. The molecule has 1 fully saturated rings. The van der Waals surface area contributed by atoms with Crippen molar-refractivity contribution >= 4 is 38.4 Å². The van der Waals surface area contributed by atoms with Gasteiger partial charge < -0.3 is 15.5 Å². The first-order chi connectivity index (χ1) is 18.1. The Kier molecular flexibility index (Phi) is 7.08. The Hall–Kier alpha value is -3.54.